The van der Waals surface area contributed by atoms with E-state index in [0.717, 1.165) is 18.2 Å². The summed E-state index contributed by atoms with van der Waals surface area (Å²) in [5.41, 5.74) is 0.169. The van der Waals surface area contributed by atoms with Crippen molar-refractivity contribution in [2.45, 2.75) is 44.1 Å². The highest BCUT2D eigenvalue weighted by Crippen LogP contribution is 2.61. The van der Waals surface area contributed by atoms with Crippen LogP contribution in [-0.4, -0.2) is 55.9 Å². The lowest BCUT2D eigenvalue weighted by molar-refractivity contribution is -0.155. The van der Waals surface area contributed by atoms with Crippen LogP contribution in [0.4, 0.5) is 0 Å². The summed E-state index contributed by atoms with van der Waals surface area (Å²) in [6.07, 6.45) is 0.333. The lowest BCUT2D eigenvalue weighted by Gasteiger charge is -2.32. The van der Waals surface area contributed by atoms with Crippen LogP contribution in [0.2, 0.25) is 0 Å². The van der Waals surface area contributed by atoms with E-state index in [-0.39, 0.29) is 29.7 Å². The van der Waals surface area contributed by atoms with Crippen LogP contribution in [0.15, 0.2) is 12.2 Å². The van der Waals surface area contributed by atoms with Crippen molar-refractivity contribution in [2.24, 2.45) is 11.3 Å². The number of hydrogen-bond donors (Lipinski definition) is 0. The molecule has 0 spiro atoms. The minimum Gasteiger partial charge on any atom is -0.463 e. The number of carbonyl (C=O) groups is 2. The summed E-state index contributed by atoms with van der Waals surface area (Å²) in [6, 6.07) is 0. The third-order valence-corrected chi connectivity index (χ3v) is 7.91. The summed E-state index contributed by atoms with van der Waals surface area (Å²) in [5, 5.41) is -0.562. The van der Waals surface area contributed by atoms with Crippen LogP contribution >= 0.6 is 11.8 Å². The Morgan fingerprint density at radius 1 is 1.36 bits per heavy atom. The van der Waals surface area contributed by atoms with Crippen LogP contribution in [0, 0.1) is 11.3 Å². The number of esters is 1. The Morgan fingerprint density at radius 3 is 2.76 bits per heavy atom. The average Bonchev–Trinajstić information content (AvgIpc) is 3.05. The van der Waals surface area contributed by atoms with Crippen LogP contribution in [0.25, 0.3) is 0 Å². The maximum absolute atomic E-state index is 12.0. The van der Waals surface area contributed by atoms with E-state index in [1.807, 2.05) is 6.92 Å². The second-order valence-electron chi connectivity index (χ2n) is 7.19. The highest BCUT2D eigenvalue weighted by Gasteiger charge is 2.69. The fourth-order valence-corrected chi connectivity index (χ4v) is 6.68. The third-order valence-electron chi connectivity index (χ3n) is 5.18. The standard InChI is InChI=1S/C16H22O7S2/c1-9(2)15(18)24-5-4-21-12(17)8-22-14-13-10-6-16(14,3)7-11(10)25(19,20)23-13/h10-11,13-14H,1,4-8H2,2-3H3. The molecule has 3 fully saturated rings. The summed E-state index contributed by atoms with van der Waals surface area (Å²) in [6.45, 7) is 7.01. The van der Waals surface area contributed by atoms with Crippen molar-refractivity contribution < 1.29 is 31.7 Å². The molecule has 0 aromatic carbocycles. The number of fused-ring (bicyclic) bond motifs is 1. The third kappa shape index (κ3) is 3.51. The maximum Gasteiger partial charge on any atom is 0.332 e. The van der Waals surface area contributed by atoms with Gasteiger partial charge in [-0.2, -0.15) is 8.42 Å². The molecule has 5 unspecified atom stereocenters. The monoisotopic (exact) mass is 390 g/mol. The molecule has 0 aromatic heterocycles. The van der Waals surface area contributed by atoms with E-state index in [1.54, 1.807) is 6.92 Å². The Labute approximate surface area is 151 Å². The van der Waals surface area contributed by atoms with Crippen LogP contribution in [0.3, 0.4) is 0 Å². The van der Waals surface area contributed by atoms with Gasteiger partial charge < -0.3 is 9.47 Å². The van der Waals surface area contributed by atoms with Crippen LogP contribution in [-0.2, 0) is 33.4 Å². The molecular formula is C16H22O7S2. The first-order valence-corrected chi connectivity index (χ1v) is 10.6. The van der Waals surface area contributed by atoms with Gasteiger partial charge in [0.2, 0.25) is 5.12 Å². The van der Waals surface area contributed by atoms with Crippen molar-refractivity contribution >= 4 is 33.0 Å². The van der Waals surface area contributed by atoms with Gasteiger partial charge in [-0.15, -0.1) is 0 Å². The molecule has 1 aliphatic heterocycles. The zero-order valence-corrected chi connectivity index (χ0v) is 15.9. The molecule has 3 rings (SSSR count). The molecule has 9 heteroatoms. The number of ether oxygens (including phenoxy) is 2. The van der Waals surface area contributed by atoms with Gasteiger partial charge in [0.25, 0.3) is 10.1 Å². The van der Waals surface area contributed by atoms with E-state index in [9.17, 15) is 18.0 Å². The van der Waals surface area contributed by atoms with Crippen LogP contribution in [0.1, 0.15) is 26.7 Å². The minimum atomic E-state index is -3.51. The maximum atomic E-state index is 12.0. The van der Waals surface area contributed by atoms with Gasteiger partial charge in [0.1, 0.15) is 19.3 Å². The van der Waals surface area contributed by atoms with E-state index in [1.165, 1.54) is 0 Å². The highest BCUT2D eigenvalue weighted by molar-refractivity contribution is 8.14. The molecule has 0 N–H and O–H groups in total. The van der Waals surface area contributed by atoms with Crippen molar-refractivity contribution in [1.29, 1.82) is 0 Å². The number of hydrogen-bond acceptors (Lipinski definition) is 8. The van der Waals surface area contributed by atoms with Crippen molar-refractivity contribution in [3.63, 3.8) is 0 Å². The van der Waals surface area contributed by atoms with Crippen molar-refractivity contribution in [3.8, 4) is 0 Å². The molecule has 7 nitrogen and oxygen atoms in total. The number of rotatable bonds is 7. The van der Waals surface area contributed by atoms with E-state index in [0.29, 0.717) is 17.7 Å². The molecule has 140 valence electrons. The van der Waals surface area contributed by atoms with E-state index >= 15 is 0 Å². The van der Waals surface area contributed by atoms with Crippen LogP contribution < -0.4 is 0 Å². The van der Waals surface area contributed by atoms with Gasteiger partial charge >= 0.3 is 5.97 Å². The molecule has 2 aliphatic carbocycles. The van der Waals surface area contributed by atoms with E-state index in [4.69, 9.17) is 13.7 Å². The lowest BCUT2D eigenvalue weighted by Crippen LogP contribution is -2.42. The van der Waals surface area contributed by atoms with Crippen molar-refractivity contribution in [1.82, 2.24) is 0 Å². The van der Waals surface area contributed by atoms with Crippen LogP contribution in [0.5, 0.6) is 0 Å². The first kappa shape index (κ1) is 18.9. The smallest absolute Gasteiger partial charge is 0.332 e. The van der Waals surface area contributed by atoms with Gasteiger partial charge in [-0.1, -0.05) is 25.3 Å². The molecular weight excluding hydrogens is 368 g/mol. The fraction of sp³-hybridized carbons (Fsp3) is 0.750. The van der Waals surface area contributed by atoms with Crippen molar-refractivity contribution in [3.05, 3.63) is 12.2 Å². The summed E-state index contributed by atoms with van der Waals surface area (Å²) in [7, 11) is -3.51. The second-order valence-corrected chi connectivity index (χ2v) is 10.0. The molecule has 2 bridgehead atoms. The Morgan fingerprint density at radius 2 is 2.08 bits per heavy atom. The Balaban J connectivity index is 1.44. The summed E-state index contributed by atoms with van der Waals surface area (Å²) in [5.74, 6) is -0.223. The lowest BCUT2D eigenvalue weighted by atomic mass is 9.82. The molecule has 25 heavy (non-hydrogen) atoms. The van der Waals surface area contributed by atoms with Gasteiger partial charge in [0.15, 0.2) is 0 Å². The first-order chi connectivity index (χ1) is 11.6. The van der Waals surface area contributed by atoms with Gasteiger partial charge in [-0.3, -0.25) is 8.98 Å². The molecule has 0 amide bonds. The van der Waals surface area contributed by atoms with Gasteiger partial charge in [0, 0.05) is 11.7 Å². The topological polar surface area (TPSA) is 96.0 Å². The molecule has 5 atom stereocenters. The minimum absolute atomic E-state index is 0.0411. The zero-order valence-electron chi connectivity index (χ0n) is 14.2. The van der Waals surface area contributed by atoms with Crippen molar-refractivity contribution in [2.75, 3.05) is 19.0 Å². The second kappa shape index (κ2) is 6.68. The summed E-state index contributed by atoms with van der Waals surface area (Å²) >= 11 is 1.05. The van der Waals surface area contributed by atoms with Gasteiger partial charge in [0.05, 0.1) is 11.4 Å². The molecule has 0 aromatic rings. The predicted octanol–water partition coefficient (Wildman–Crippen LogP) is 1.28. The zero-order chi connectivity index (χ0) is 18.4. The molecule has 2 saturated carbocycles. The summed E-state index contributed by atoms with van der Waals surface area (Å²) in [4.78, 5) is 23.2. The fourth-order valence-electron chi connectivity index (χ4n) is 4.12. The molecule has 3 aliphatic rings. The Hall–Kier alpha value is -0.900. The van der Waals surface area contributed by atoms with Gasteiger partial charge in [-0.05, 0) is 30.8 Å². The average molecular weight is 390 g/mol. The summed E-state index contributed by atoms with van der Waals surface area (Å²) < 4.78 is 39.9. The van der Waals surface area contributed by atoms with Gasteiger partial charge in [-0.25, -0.2) is 4.79 Å². The molecule has 1 saturated heterocycles. The number of thioether (sulfide) groups is 1. The largest absolute Gasteiger partial charge is 0.463 e. The predicted molar refractivity (Wildman–Crippen MR) is 91.4 cm³/mol. The SMILES string of the molecule is C=C(C)C(=O)SCCOC(=O)COC1C2OS(=O)(=O)C3CC1(C)CC23. The Kier molecular flexibility index (Phi) is 5.04. The Bertz CT molecular complexity index is 701. The molecule has 1 heterocycles. The number of carbonyl (C=O) groups excluding carboxylic acids is 2. The first-order valence-electron chi connectivity index (χ1n) is 8.16. The van der Waals surface area contributed by atoms with E-state index < -0.39 is 33.5 Å². The normalized spacial score (nSPS) is 37.2. The highest BCUT2D eigenvalue weighted by atomic mass is 32.2. The van der Waals surface area contributed by atoms with E-state index in [2.05, 4.69) is 6.58 Å². The molecule has 0 radical (unpaired) electrons. The quantitative estimate of drug-likeness (QED) is 0.278.